The molecule has 168 valence electrons. The van der Waals surface area contributed by atoms with Gasteiger partial charge >= 0.3 is 0 Å². The Morgan fingerprint density at radius 1 is 1.00 bits per heavy atom. The third-order valence-electron chi connectivity index (χ3n) is 6.34. The molecule has 0 atom stereocenters. The molecule has 0 N–H and O–H groups in total. The predicted octanol–water partition coefficient (Wildman–Crippen LogP) is 7.77. The highest BCUT2D eigenvalue weighted by Gasteiger charge is 2.36. The summed E-state index contributed by atoms with van der Waals surface area (Å²) in [7, 11) is -1.66. The van der Waals surface area contributed by atoms with Crippen LogP contribution >= 0.6 is 0 Å². The van der Waals surface area contributed by atoms with Gasteiger partial charge in [-0.1, -0.05) is 77.7 Å². The summed E-state index contributed by atoms with van der Waals surface area (Å²) in [6.07, 6.45) is 13.2. The van der Waals surface area contributed by atoms with E-state index in [1.54, 1.807) is 0 Å². The van der Waals surface area contributed by atoms with E-state index in [0.29, 0.717) is 13.2 Å². The van der Waals surface area contributed by atoms with E-state index in [9.17, 15) is 0 Å². The Labute approximate surface area is 183 Å². The van der Waals surface area contributed by atoms with E-state index >= 15 is 0 Å². The van der Waals surface area contributed by atoms with Crippen molar-refractivity contribution >= 4 is 8.32 Å². The monoisotopic (exact) mass is 420 g/mol. The molecule has 0 bridgehead atoms. The Bertz CT molecular complexity index is 595. The third-order valence-corrected chi connectivity index (χ3v) is 10.8. The molecule has 0 aromatic rings. The molecule has 0 heterocycles. The molecule has 0 unspecified atom stereocenters. The largest absolute Gasteiger partial charge is 0.413 e. The van der Waals surface area contributed by atoms with Gasteiger partial charge in [-0.3, -0.25) is 0 Å². The molecule has 0 rings (SSSR count). The van der Waals surface area contributed by atoms with Crippen LogP contribution in [0.25, 0.3) is 0 Å². The van der Waals surface area contributed by atoms with Crippen molar-refractivity contribution in [3.63, 3.8) is 0 Å². The van der Waals surface area contributed by atoms with Gasteiger partial charge in [0.15, 0.2) is 8.32 Å². The molecule has 0 aliphatic rings. The fraction of sp³-hybridized carbons (Fsp3) is 0.769. The molecule has 0 aromatic carbocycles. The molecule has 0 saturated carbocycles. The molecule has 0 spiro atoms. The predicted molar refractivity (Wildman–Crippen MR) is 132 cm³/mol. The minimum Gasteiger partial charge on any atom is -0.413 e. The normalized spacial score (nSPS) is 14.8. The van der Waals surface area contributed by atoms with Gasteiger partial charge in [-0.2, -0.15) is 0 Å². The molecule has 0 aliphatic carbocycles. The summed E-state index contributed by atoms with van der Waals surface area (Å²) in [5.74, 6) is 2.55. The van der Waals surface area contributed by atoms with Gasteiger partial charge in [0, 0.05) is 0 Å². The lowest BCUT2D eigenvalue weighted by Crippen LogP contribution is -2.40. The van der Waals surface area contributed by atoms with E-state index < -0.39 is 8.32 Å². The Balaban J connectivity index is 4.64. The second-order valence-corrected chi connectivity index (χ2v) is 16.3. The van der Waals surface area contributed by atoms with E-state index in [2.05, 4.69) is 93.5 Å². The molecule has 0 radical (unpaired) electrons. The van der Waals surface area contributed by atoms with Crippen LogP contribution < -0.4 is 0 Å². The van der Waals surface area contributed by atoms with Crippen LogP contribution in [0.15, 0.2) is 23.3 Å². The van der Waals surface area contributed by atoms with Crippen LogP contribution in [0, 0.1) is 23.2 Å². The zero-order chi connectivity index (χ0) is 22.9. The summed E-state index contributed by atoms with van der Waals surface area (Å²) < 4.78 is 11.9. The van der Waals surface area contributed by atoms with Crippen molar-refractivity contribution in [2.45, 2.75) is 99.7 Å². The number of rotatable bonds is 12. The fourth-order valence-electron chi connectivity index (χ4n) is 3.28. The van der Waals surface area contributed by atoms with Crippen molar-refractivity contribution < 1.29 is 9.16 Å². The Morgan fingerprint density at radius 2 is 1.59 bits per heavy atom. The van der Waals surface area contributed by atoms with Crippen LogP contribution in [-0.4, -0.2) is 28.1 Å². The SMILES string of the molecule is C#CCOCC(C)(C)CC(C)(C)/C(C)=C/CC/C(C)=C/CO[Si](C)(C)C(C)(C)C. The molecule has 0 amide bonds. The number of terminal acetylenes is 1. The molecule has 2 nitrogen and oxygen atoms in total. The first-order chi connectivity index (χ1) is 13.0. The molecule has 0 saturated heterocycles. The molecular weight excluding hydrogens is 372 g/mol. The summed E-state index contributed by atoms with van der Waals surface area (Å²) in [6.45, 7) is 27.0. The van der Waals surface area contributed by atoms with E-state index in [-0.39, 0.29) is 15.9 Å². The van der Waals surface area contributed by atoms with Crippen molar-refractivity contribution in [1.82, 2.24) is 0 Å². The van der Waals surface area contributed by atoms with E-state index in [0.717, 1.165) is 25.9 Å². The number of hydrogen-bond donors (Lipinski definition) is 0. The number of hydrogen-bond acceptors (Lipinski definition) is 2. The summed E-state index contributed by atoms with van der Waals surface area (Å²) in [5, 5.41) is 0.264. The number of ether oxygens (including phenoxy) is 1. The fourth-order valence-corrected chi connectivity index (χ4v) is 4.21. The first-order valence-corrected chi connectivity index (χ1v) is 13.9. The second kappa shape index (κ2) is 11.5. The highest BCUT2D eigenvalue weighted by molar-refractivity contribution is 6.74. The van der Waals surface area contributed by atoms with Crippen LogP contribution in [0.4, 0.5) is 0 Å². The van der Waals surface area contributed by atoms with Gasteiger partial charge in [-0.15, -0.1) is 6.42 Å². The second-order valence-electron chi connectivity index (χ2n) is 11.5. The Morgan fingerprint density at radius 3 is 2.10 bits per heavy atom. The zero-order valence-corrected chi connectivity index (χ0v) is 22.3. The smallest absolute Gasteiger partial charge is 0.192 e. The molecule has 29 heavy (non-hydrogen) atoms. The minimum atomic E-state index is -1.66. The molecular formula is C26H48O2Si. The maximum Gasteiger partial charge on any atom is 0.192 e. The molecule has 3 heteroatoms. The zero-order valence-electron chi connectivity index (χ0n) is 21.3. The Hall–Kier alpha value is -0.823. The Kier molecular flexibility index (Phi) is 11.2. The summed E-state index contributed by atoms with van der Waals surface area (Å²) >= 11 is 0. The van der Waals surface area contributed by atoms with Crippen molar-refractivity contribution in [3.8, 4) is 12.3 Å². The first-order valence-electron chi connectivity index (χ1n) is 11.0. The highest BCUT2D eigenvalue weighted by atomic mass is 28.4. The van der Waals surface area contributed by atoms with Crippen LogP contribution in [0.5, 0.6) is 0 Å². The maximum atomic E-state index is 6.26. The lowest BCUT2D eigenvalue weighted by atomic mass is 9.71. The summed E-state index contributed by atoms with van der Waals surface area (Å²) in [6, 6.07) is 0. The molecule has 0 aromatic heterocycles. The van der Waals surface area contributed by atoms with Crippen LogP contribution in [0.3, 0.4) is 0 Å². The van der Waals surface area contributed by atoms with Crippen LogP contribution in [-0.2, 0) is 9.16 Å². The average molecular weight is 421 g/mol. The van der Waals surface area contributed by atoms with E-state index in [4.69, 9.17) is 15.6 Å². The van der Waals surface area contributed by atoms with Crippen molar-refractivity contribution in [3.05, 3.63) is 23.3 Å². The number of allylic oxidation sites excluding steroid dienone is 3. The van der Waals surface area contributed by atoms with Gasteiger partial charge in [0.2, 0.25) is 0 Å². The average Bonchev–Trinajstić information content (AvgIpc) is 2.52. The first kappa shape index (κ1) is 28.2. The van der Waals surface area contributed by atoms with Crippen molar-refractivity contribution in [1.29, 1.82) is 0 Å². The summed E-state index contributed by atoms with van der Waals surface area (Å²) in [5.41, 5.74) is 3.11. The summed E-state index contributed by atoms with van der Waals surface area (Å²) in [4.78, 5) is 0. The van der Waals surface area contributed by atoms with Crippen LogP contribution in [0.1, 0.15) is 81.6 Å². The van der Waals surface area contributed by atoms with Gasteiger partial charge in [-0.25, -0.2) is 0 Å². The van der Waals surface area contributed by atoms with E-state index in [1.165, 1.54) is 11.1 Å². The molecule has 0 fully saturated rings. The quantitative estimate of drug-likeness (QED) is 0.139. The third kappa shape index (κ3) is 11.2. The highest BCUT2D eigenvalue weighted by Crippen LogP contribution is 2.39. The van der Waals surface area contributed by atoms with Crippen molar-refractivity contribution in [2.24, 2.45) is 10.8 Å². The lowest BCUT2D eigenvalue weighted by molar-refractivity contribution is 0.0596. The van der Waals surface area contributed by atoms with Crippen LogP contribution in [0.2, 0.25) is 18.1 Å². The van der Waals surface area contributed by atoms with Gasteiger partial charge in [-0.05, 0) is 62.1 Å². The standard InChI is InChI=1S/C26H48O2Si/c1-13-18-27-21-25(7,8)20-26(9,10)23(3)16-14-15-22(2)17-19-28-29(11,12)24(4,5)6/h1,16-17H,14-15,18-21H2,2-12H3/b22-17+,23-16+. The van der Waals surface area contributed by atoms with Gasteiger partial charge in [0.05, 0.1) is 13.2 Å². The van der Waals surface area contributed by atoms with Gasteiger partial charge in [0.25, 0.3) is 0 Å². The molecule has 0 aliphatic heterocycles. The lowest BCUT2D eigenvalue weighted by Gasteiger charge is -2.36. The van der Waals surface area contributed by atoms with Gasteiger partial charge < -0.3 is 9.16 Å². The minimum absolute atomic E-state index is 0.104. The van der Waals surface area contributed by atoms with Gasteiger partial charge in [0.1, 0.15) is 6.61 Å². The topological polar surface area (TPSA) is 18.5 Å². The van der Waals surface area contributed by atoms with E-state index in [1.807, 2.05) is 0 Å². The maximum absolute atomic E-state index is 6.26. The van der Waals surface area contributed by atoms with Crippen molar-refractivity contribution in [2.75, 3.05) is 19.8 Å².